The highest BCUT2D eigenvalue weighted by Gasteiger charge is 2.09. The summed E-state index contributed by atoms with van der Waals surface area (Å²) in [5.41, 5.74) is 7.43. The number of aromatic nitrogens is 2. The first-order valence-electron chi connectivity index (χ1n) is 4.80. The average Bonchev–Trinajstić information content (AvgIpc) is 2.17. The fourth-order valence-electron chi connectivity index (χ4n) is 1.58. The zero-order chi connectivity index (χ0) is 11.0. The van der Waals surface area contributed by atoms with E-state index >= 15 is 0 Å². The SMILES string of the molecule is CC(C)c1nc(N)nc2ccc(Cl)cc12. The molecule has 0 radical (unpaired) electrons. The molecule has 0 atom stereocenters. The number of nitrogen functional groups attached to an aromatic ring is 1. The van der Waals surface area contributed by atoms with Crippen molar-refractivity contribution in [3.05, 3.63) is 28.9 Å². The standard InChI is InChI=1S/C11H12ClN3/c1-6(2)10-8-5-7(12)3-4-9(8)14-11(13)15-10/h3-6H,1-2H3,(H2,13,14,15). The van der Waals surface area contributed by atoms with Gasteiger partial charge in [0.25, 0.3) is 0 Å². The van der Waals surface area contributed by atoms with Gasteiger partial charge in [-0.05, 0) is 24.1 Å². The lowest BCUT2D eigenvalue weighted by atomic mass is 10.0. The number of fused-ring (bicyclic) bond motifs is 1. The highest BCUT2D eigenvalue weighted by Crippen LogP contribution is 2.25. The van der Waals surface area contributed by atoms with Crippen molar-refractivity contribution >= 4 is 28.5 Å². The Morgan fingerprint density at radius 1 is 1.27 bits per heavy atom. The summed E-state index contributed by atoms with van der Waals surface area (Å²) in [7, 11) is 0. The van der Waals surface area contributed by atoms with Gasteiger partial charge in [-0.3, -0.25) is 0 Å². The molecule has 1 aromatic carbocycles. The molecule has 0 saturated carbocycles. The molecular weight excluding hydrogens is 210 g/mol. The van der Waals surface area contributed by atoms with Crippen LogP contribution >= 0.6 is 11.6 Å². The van der Waals surface area contributed by atoms with Crippen molar-refractivity contribution in [1.82, 2.24) is 9.97 Å². The van der Waals surface area contributed by atoms with Gasteiger partial charge in [0.15, 0.2) is 0 Å². The first-order chi connectivity index (χ1) is 7.08. The summed E-state index contributed by atoms with van der Waals surface area (Å²) in [6.07, 6.45) is 0. The van der Waals surface area contributed by atoms with E-state index in [0.29, 0.717) is 16.9 Å². The van der Waals surface area contributed by atoms with Gasteiger partial charge >= 0.3 is 0 Å². The molecular formula is C11H12ClN3. The predicted molar refractivity (Wildman–Crippen MR) is 63.0 cm³/mol. The minimum Gasteiger partial charge on any atom is -0.368 e. The van der Waals surface area contributed by atoms with Crippen LogP contribution in [0.5, 0.6) is 0 Å². The molecule has 0 spiro atoms. The normalized spacial score (nSPS) is 11.2. The van der Waals surface area contributed by atoms with E-state index in [1.165, 1.54) is 0 Å². The zero-order valence-electron chi connectivity index (χ0n) is 8.66. The van der Waals surface area contributed by atoms with E-state index in [0.717, 1.165) is 16.6 Å². The van der Waals surface area contributed by atoms with Gasteiger partial charge in [0.1, 0.15) is 0 Å². The Hall–Kier alpha value is -1.35. The monoisotopic (exact) mass is 221 g/mol. The summed E-state index contributed by atoms with van der Waals surface area (Å²) in [5.74, 6) is 0.616. The smallest absolute Gasteiger partial charge is 0.220 e. The van der Waals surface area contributed by atoms with Gasteiger partial charge in [0.2, 0.25) is 5.95 Å². The number of hydrogen-bond donors (Lipinski definition) is 1. The number of nitrogens with two attached hydrogens (primary N) is 1. The molecule has 0 fully saturated rings. The van der Waals surface area contributed by atoms with Crippen molar-refractivity contribution in [3.63, 3.8) is 0 Å². The summed E-state index contributed by atoms with van der Waals surface area (Å²) < 4.78 is 0. The van der Waals surface area contributed by atoms with Crippen molar-refractivity contribution in [2.45, 2.75) is 19.8 Å². The lowest BCUT2D eigenvalue weighted by molar-refractivity contribution is 0.832. The summed E-state index contributed by atoms with van der Waals surface area (Å²) in [6.45, 7) is 4.14. The highest BCUT2D eigenvalue weighted by atomic mass is 35.5. The van der Waals surface area contributed by atoms with E-state index in [1.807, 2.05) is 12.1 Å². The predicted octanol–water partition coefficient (Wildman–Crippen LogP) is 2.99. The van der Waals surface area contributed by atoms with Crippen molar-refractivity contribution in [2.24, 2.45) is 0 Å². The van der Waals surface area contributed by atoms with Crippen LogP contribution in [-0.4, -0.2) is 9.97 Å². The van der Waals surface area contributed by atoms with Crippen molar-refractivity contribution in [1.29, 1.82) is 0 Å². The zero-order valence-corrected chi connectivity index (χ0v) is 9.42. The maximum atomic E-state index is 5.95. The van der Waals surface area contributed by atoms with E-state index in [-0.39, 0.29) is 0 Å². The fourth-order valence-corrected chi connectivity index (χ4v) is 1.76. The van der Waals surface area contributed by atoms with Crippen LogP contribution in [0.4, 0.5) is 5.95 Å². The third-order valence-electron chi connectivity index (χ3n) is 2.25. The molecule has 0 aliphatic rings. The van der Waals surface area contributed by atoms with Crippen LogP contribution in [-0.2, 0) is 0 Å². The van der Waals surface area contributed by atoms with Gasteiger partial charge in [-0.1, -0.05) is 25.4 Å². The second-order valence-corrected chi connectivity index (χ2v) is 4.22. The molecule has 0 aliphatic heterocycles. The molecule has 78 valence electrons. The van der Waals surface area contributed by atoms with Gasteiger partial charge in [0.05, 0.1) is 11.2 Å². The van der Waals surface area contributed by atoms with Crippen LogP contribution in [0.15, 0.2) is 18.2 Å². The molecule has 15 heavy (non-hydrogen) atoms. The van der Waals surface area contributed by atoms with E-state index in [4.69, 9.17) is 17.3 Å². The Morgan fingerprint density at radius 2 is 2.00 bits per heavy atom. The average molecular weight is 222 g/mol. The number of halogens is 1. The minimum absolute atomic E-state index is 0.302. The number of rotatable bonds is 1. The Balaban J connectivity index is 2.81. The molecule has 0 saturated heterocycles. The van der Waals surface area contributed by atoms with E-state index in [2.05, 4.69) is 23.8 Å². The molecule has 1 heterocycles. The minimum atomic E-state index is 0.302. The molecule has 0 amide bonds. The van der Waals surface area contributed by atoms with E-state index in [9.17, 15) is 0 Å². The third-order valence-corrected chi connectivity index (χ3v) is 2.49. The van der Waals surface area contributed by atoms with Crippen LogP contribution in [0.25, 0.3) is 10.9 Å². The quantitative estimate of drug-likeness (QED) is 0.806. The Morgan fingerprint density at radius 3 is 2.67 bits per heavy atom. The molecule has 2 N–H and O–H groups in total. The highest BCUT2D eigenvalue weighted by molar-refractivity contribution is 6.31. The maximum Gasteiger partial charge on any atom is 0.220 e. The first-order valence-corrected chi connectivity index (χ1v) is 5.18. The van der Waals surface area contributed by atoms with Crippen molar-refractivity contribution < 1.29 is 0 Å². The third kappa shape index (κ3) is 1.88. The van der Waals surface area contributed by atoms with Gasteiger partial charge < -0.3 is 5.73 Å². The van der Waals surface area contributed by atoms with Crippen LogP contribution in [0.2, 0.25) is 5.02 Å². The lowest BCUT2D eigenvalue weighted by Gasteiger charge is -2.09. The van der Waals surface area contributed by atoms with Gasteiger partial charge in [-0.2, -0.15) is 0 Å². The Labute approximate surface area is 93.3 Å². The molecule has 3 nitrogen and oxygen atoms in total. The summed E-state index contributed by atoms with van der Waals surface area (Å²) in [5, 5.41) is 1.67. The van der Waals surface area contributed by atoms with E-state index < -0.39 is 0 Å². The van der Waals surface area contributed by atoms with Crippen LogP contribution in [0.1, 0.15) is 25.5 Å². The molecule has 4 heteroatoms. The topological polar surface area (TPSA) is 51.8 Å². The van der Waals surface area contributed by atoms with Crippen LogP contribution < -0.4 is 5.73 Å². The maximum absolute atomic E-state index is 5.95. The fraction of sp³-hybridized carbons (Fsp3) is 0.273. The van der Waals surface area contributed by atoms with Crippen LogP contribution in [0.3, 0.4) is 0 Å². The summed E-state index contributed by atoms with van der Waals surface area (Å²) in [6, 6.07) is 5.55. The second-order valence-electron chi connectivity index (χ2n) is 3.78. The molecule has 2 rings (SSSR count). The van der Waals surface area contributed by atoms with Crippen LogP contribution in [0, 0.1) is 0 Å². The number of nitrogens with zero attached hydrogens (tertiary/aromatic N) is 2. The number of anilines is 1. The lowest BCUT2D eigenvalue weighted by Crippen LogP contribution is -2.02. The Kier molecular flexibility index (Phi) is 2.49. The number of hydrogen-bond acceptors (Lipinski definition) is 3. The second kappa shape index (κ2) is 3.66. The molecule has 1 aromatic heterocycles. The van der Waals surface area contributed by atoms with Crippen molar-refractivity contribution in [3.8, 4) is 0 Å². The number of benzene rings is 1. The van der Waals surface area contributed by atoms with Crippen molar-refractivity contribution in [2.75, 3.05) is 5.73 Å². The summed E-state index contributed by atoms with van der Waals surface area (Å²) >= 11 is 5.95. The molecule has 2 aromatic rings. The Bertz CT molecular complexity index is 508. The molecule has 0 unspecified atom stereocenters. The van der Waals surface area contributed by atoms with Gasteiger partial charge in [-0.25, -0.2) is 9.97 Å². The summed E-state index contributed by atoms with van der Waals surface area (Å²) in [4.78, 5) is 8.42. The largest absolute Gasteiger partial charge is 0.368 e. The first kappa shape index (κ1) is 10.2. The molecule has 0 aliphatic carbocycles. The van der Waals surface area contributed by atoms with Gasteiger partial charge in [0, 0.05) is 10.4 Å². The van der Waals surface area contributed by atoms with E-state index in [1.54, 1.807) is 6.07 Å². The van der Waals surface area contributed by atoms with Gasteiger partial charge in [-0.15, -0.1) is 0 Å². The molecule has 0 bridgehead atoms.